The predicted octanol–water partition coefficient (Wildman–Crippen LogP) is 8.47. The number of hydrogen-bond acceptors (Lipinski definition) is 2. The van der Waals surface area contributed by atoms with Gasteiger partial charge in [-0.25, -0.2) is 0 Å². The fourth-order valence-electron chi connectivity index (χ4n) is 2.48. The second kappa shape index (κ2) is 9.66. The van der Waals surface area contributed by atoms with E-state index in [1.54, 1.807) is 0 Å². The highest BCUT2D eigenvalue weighted by Crippen LogP contribution is 2.35. The minimum absolute atomic E-state index is 0.386. The molecule has 0 fully saturated rings. The highest BCUT2D eigenvalue weighted by atomic mass is 79.9. The third-order valence-electron chi connectivity index (χ3n) is 3.82. The summed E-state index contributed by atoms with van der Waals surface area (Å²) in [4.78, 5) is 0. The van der Waals surface area contributed by atoms with E-state index in [9.17, 15) is 0 Å². The van der Waals surface area contributed by atoms with Gasteiger partial charge in [0.05, 0.1) is 9.50 Å². The van der Waals surface area contributed by atoms with Gasteiger partial charge in [-0.1, -0.05) is 57.3 Å². The van der Waals surface area contributed by atoms with E-state index in [-0.39, 0.29) is 0 Å². The summed E-state index contributed by atoms with van der Waals surface area (Å²) in [5, 5.41) is 4.73. The molecule has 0 spiro atoms. The van der Waals surface area contributed by atoms with Crippen LogP contribution in [-0.4, -0.2) is 0 Å². The van der Waals surface area contributed by atoms with Crippen LogP contribution in [0.5, 0.6) is 5.75 Å². The third kappa shape index (κ3) is 5.64. The molecular weight excluding hydrogens is 581 g/mol. The van der Waals surface area contributed by atoms with Crippen LogP contribution in [0.25, 0.3) is 0 Å². The van der Waals surface area contributed by atoms with Crippen LogP contribution in [0.1, 0.15) is 11.1 Å². The first kappa shape index (κ1) is 21.0. The van der Waals surface area contributed by atoms with Gasteiger partial charge in [0.2, 0.25) is 0 Å². The molecule has 0 aliphatic heterocycles. The molecule has 7 heteroatoms. The van der Waals surface area contributed by atoms with Crippen LogP contribution in [0.4, 0.5) is 5.69 Å². The monoisotopic (exact) mass is 591 g/mol. The SMILES string of the molecule is Clc1cc(NCc2cc(Br)cc(Br)c2OCc2ccccc2Cl)ccc1Br. The minimum atomic E-state index is 0.386. The number of ether oxygens (including phenoxy) is 1. The third-order valence-corrected chi connectivity index (χ3v) is 6.47. The molecule has 0 radical (unpaired) electrons. The Balaban J connectivity index is 1.79. The summed E-state index contributed by atoms with van der Waals surface area (Å²) in [5.74, 6) is 0.772. The number of benzene rings is 3. The highest BCUT2D eigenvalue weighted by molar-refractivity contribution is 9.11. The summed E-state index contributed by atoms with van der Waals surface area (Å²) in [6.07, 6.45) is 0. The Kier molecular flexibility index (Phi) is 7.51. The van der Waals surface area contributed by atoms with E-state index in [0.29, 0.717) is 23.2 Å². The highest BCUT2D eigenvalue weighted by Gasteiger charge is 2.12. The molecule has 0 saturated heterocycles. The van der Waals surface area contributed by atoms with Crippen LogP contribution in [-0.2, 0) is 13.2 Å². The average molecular weight is 595 g/mol. The molecule has 140 valence electrons. The zero-order valence-electron chi connectivity index (χ0n) is 13.9. The molecule has 3 rings (SSSR count). The number of rotatable bonds is 6. The summed E-state index contributed by atoms with van der Waals surface area (Å²) in [6, 6.07) is 17.4. The van der Waals surface area contributed by atoms with Gasteiger partial charge in [0, 0.05) is 37.3 Å². The number of nitrogens with one attached hydrogen (secondary N) is 1. The van der Waals surface area contributed by atoms with Crippen molar-refractivity contribution in [2.75, 3.05) is 5.32 Å². The van der Waals surface area contributed by atoms with Gasteiger partial charge in [-0.05, 0) is 68.3 Å². The Hall–Kier alpha value is -0.720. The van der Waals surface area contributed by atoms with Gasteiger partial charge in [-0.2, -0.15) is 0 Å². The van der Waals surface area contributed by atoms with E-state index < -0.39 is 0 Å². The van der Waals surface area contributed by atoms with Crippen LogP contribution >= 0.6 is 71.0 Å². The van der Waals surface area contributed by atoms with E-state index >= 15 is 0 Å². The molecule has 3 aromatic rings. The molecule has 0 aliphatic carbocycles. The summed E-state index contributed by atoms with van der Waals surface area (Å²) in [5.41, 5.74) is 2.87. The lowest BCUT2D eigenvalue weighted by Gasteiger charge is -2.16. The zero-order chi connectivity index (χ0) is 19.4. The van der Waals surface area contributed by atoms with Crippen LogP contribution in [0.2, 0.25) is 10.0 Å². The summed E-state index contributed by atoms with van der Waals surface area (Å²) < 4.78 is 8.79. The lowest BCUT2D eigenvalue weighted by atomic mass is 10.2. The van der Waals surface area contributed by atoms with Gasteiger partial charge >= 0.3 is 0 Å². The van der Waals surface area contributed by atoms with Crippen molar-refractivity contribution in [3.8, 4) is 5.75 Å². The molecule has 0 bridgehead atoms. The lowest BCUT2D eigenvalue weighted by Crippen LogP contribution is -2.05. The quantitative estimate of drug-likeness (QED) is 0.309. The molecule has 0 heterocycles. The molecular formula is C20H14Br3Cl2NO. The first-order valence-corrected chi connectivity index (χ1v) is 11.1. The van der Waals surface area contributed by atoms with E-state index in [4.69, 9.17) is 27.9 Å². The van der Waals surface area contributed by atoms with Gasteiger partial charge in [-0.3, -0.25) is 0 Å². The zero-order valence-corrected chi connectivity index (χ0v) is 20.2. The fraction of sp³-hybridized carbons (Fsp3) is 0.100. The molecule has 0 saturated carbocycles. The predicted molar refractivity (Wildman–Crippen MR) is 124 cm³/mol. The summed E-state index contributed by atoms with van der Waals surface area (Å²) in [6.45, 7) is 0.963. The van der Waals surface area contributed by atoms with Crippen LogP contribution in [0, 0.1) is 0 Å². The van der Waals surface area contributed by atoms with E-state index in [1.807, 2.05) is 54.6 Å². The topological polar surface area (TPSA) is 21.3 Å². The van der Waals surface area contributed by atoms with Crippen molar-refractivity contribution in [3.05, 3.63) is 89.2 Å². The van der Waals surface area contributed by atoms with Gasteiger partial charge < -0.3 is 10.1 Å². The second-order valence-corrected chi connectivity index (χ2v) is 9.18. The molecule has 2 nitrogen and oxygen atoms in total. The van der Waals surface area contributed by atoms with Gasteiger partial charge in [0.25, 0.3) is 0 Å². The molecule has 0 aliphatic rings. The van der Waals surface area contributed by atoms with Crippen molar-refractivity contribution in [2.24, 2.45) is 0 Å². The van der Waals surface area contributed by atoms with Crippen LogP contribution in [0.15, 0.2) is 68.0 Å². The maximum Gasteiger partial charge on any atom is 0.139 e. The smallest absolute Gasteiger partial charge is 0.139 e. The fourth-order valence-corrected chi connectivity index (χ4v) is 4.52. The maximum absolute atomic E-state index is 6.24. The van der Waals surface area contributed by atoms with Crippen molar-refractivity contribution in [3.63, 3.8) is 0 Å². The maximum atomic E-state index is 6.24. The summed E-state index contributed by atoms with van der Waals surface area (Å²) >= 11 is 22.9. The number of anilines is 1. The largest absolute Gasteiger partial charge is 0.487 e. The second-order valence-electron chi connectivity index (χ2n) is 5.74. The number of hydrogen-bond donors (Lipinski definition) is 1. The Morgan fingerprint density at radius 1 is 0.815 bits per heavy atom. The van der Waals surface area contributed by atoms with Crippen LogP contribution < -0.4 is 10.1 Å². The van der Waals surface area contributed by atoms with E-state index in [1.165, 1.54) is 0 Å². The van der Waals surface area contributed by atoms with E-state index in [2.05, 4.69) is 53.1 Å². The van der Waals surface area contributed by atoms with Crippen molar-refractivity contribution in [2.45, 2.75) is 13.2 Å². The first-order valence-electron chi connectivity index (χ1n) is 7.97. The van der Waals surface area contributed by atoms with E-state index in [0.717, 1.165) is 36.0 Å². The van der Waals surface area contributed by atoms with Crippen molar-refractivity contribution < 1.29 is 4.74 Å². The Labute approximate surface area is 193 Å². The molecule has 0 unspecified atom stereocenters. The van der Waals surface area contributed by atoms with Gasteiger partial charge in [-0.15, -0.1) is 0 Å². The Bertz CT molecular complexity index is 966. The molecule has 1 N–H and O–H groups in total. The van der Waals surface area contributed by atoms with Gasteiger partial charge in [0.15, 0.2) is 0 Å². The lowest BCUT2D eigenvalue weighted by molar-refractivity contribution is 0.301. The molecule has 0 amide bonds. The van der Waals surface area contributed by atoms with Crippen molar-refractivity contribution in [1.82, 2.24) is 0 Å². The normalized spacial score (nSPS) is 10.7. The van der Waals surface area contributed by atoms with Crippen molar-refractivity contribution >= 4 is 76.7 Å². The molecule has 3 aromatic carbocycles. The summed E-state index contributed by atoms with van der Waals surface area (Å²) in [7, 11) is 0. The standard InChI is InChI=1S/C20H14Br3Cl2NO/c21-14-7-13(10-26-15-5-6-16(22)19(25)9-15)20(17(23)8-14)27-11-12-3-1-2-4-18(12)24/h1-9,26H,10-11H2. The molecule has 0 aromatic heterocycles. The molecule has 27 heavy (non-hydrogen) atoms. The van der Waals surface area contributed by atoms with Crippen molar-refractivity contribution in [1.29, 1.82) is 0 Å². The first-order chi connectivity index (χ1) is 12.9. The Morgan fingerprint density at radius 3 is 2.33 bits per heavy atom. The van der Waals surface area contributed by atoms with Gasteiger partial charge in [0.1, 0.15) is 12.4 Å². The number of halogens is 5. The van der Waals surface area contributed by atoms with Crippen LogP contribution in [0.3, 0.4) is 0 Å². The molecule has 0 atom stereocenters. The average Bonchev–Trinajstić information content (AvgIpc) is 2.63. The minimum Gasteiger partial charge on any atom is -0.487 e. The Morgan fingerprint density at radius 2 is 1.59 bits per heavy atom.